The van der Waals surface area contributed by atoms with E-state index < -0.39 is 5.97 Å². The normalized spacial score (nSPS) is 12.4. The van der Waals surface area contributed by atoms with Crippen LogP contribution in [0, 0.1) is 0 Å². The highest BCUT2D eigenvalue weighted by molar-refractivity contribution is 5.80. The summed E-state index contributed by atoms with van der Waals surface area (Å²) in [5.74, 6) is -0.922. The van der Waals surface area contributed by atoms with E-state index in [2.05, 4.69) is 13.0 Å². The van der Waals surface area contributed by atoms with Gasteiger partial charge in [-0.2, -0.15) is 0 Å². The minimum Gasteiger partial charge on any atom is -0.478 e. The lowest BCUT2D eigenvalue weighted by Crippen LogP contribution is -1.84. The van der Waals surface area contributed by atoms with Crippen molar-refractivity contribution in [3.63, 3.8) is 0 Å². The van der Waals surface area contributed by atoms with Crippen molar-refractivity contribution >= 4 is 5.97 Å². The first kappa shape index (κ1) is 19.4. The Morgan fingerprint density at radius 3 is 1.90 bits per heavy atom. The zero-order valence-corrected chi connectivity index (χ0v) is 13.3. The standard InChI is InChI=1S/C19H30O2/c1-2-3-4-5-6-7-8-9-10-11-12-13-14-15-16-17-18-19(20)21/h11-18H,2-10H2,1H3,(H,20,21)/b12-11+,14-13+,16-15+,18-17+. The quantitative estimate of drug-likeness (QED) is 0.263. The topological polar surface area (TPSA) is 37.3 Å². The second-order valence-electron chi connectivity index (χ2n) is 5.16. The predicted molar refractivity (Wildman–Crippen MR) is 91.4 cm³/mol. The van der Waals surface area contributed by atoms with Crippen molar-refractivity contribution in [3.05, 3.63) is 48.6 Å². The van der Waals surface area contributed by atoms with E-state index in [9.17, 15) is 4.79 Å². The van der Waals surface area contributed by atoms with E-state index in [1.807, 2.05) is 24.3 Å². The third-order valence-electron chi connectivity index (χ3n) is 3.15. The van der Waals surface area contributed by atoms with Crippen LogP contribution in [0.15, 0.2) is 48.6 Å². The highest BCUT2D eigenvalue weighted by Crippen LogP contribution is 2.09. The molecule has 0 aromatic rings. The van der Waals surface area contributed by atoms with Gasteiger partial charge in [0.05, 0.1) is 0 Å². The molecule has 0 aromatic heterocycles. The molecule has 0 saturated carbocycles. The number of hydrogen-bond acceptors (Lipinski definition) is 1. The summed E-state index contributed by atoms with van der Waals surface area (Å²) in [4.78, 5) is 10.2. The van der Waals surface area contributed by atoms with Crippen molar-refractivity contribution in [2.45, 2.75) is 64.7 Å². The van der Waals surface area contributed by atoms with E-state index in [4.69, 9.17) is 5.11 Å². The lowest BCUT2D eigenvalue weighted by molar-refractivity contribution is -0.131. The number of allylic oxidation sites excluding steroid dienone is 7. The molecule has 0 bridgehead atoms. The van der Waals surface area contributed by atoms with Gasteiger partial charge in [-0.15, -0.1) is 0 Å². The van der Waals surface area contributed by atoms with Crippen LogP contribution in [0.5, 0.6) is 0 Å². The van der Waals surface area contributed by atoms with Crippen molar-refractivity contribution in [1.29, 1.82) is 0 Å². The van der Waals surface area contributed by atoms with Gasteiger partial charge >= 0.3 is 5.97 Å². The Labute approximate surface area is 130 Å². The van der Waals surface area contributed by atoms with Gasteiger partial charge in [-0.25, -0.2) is 4.79 Å². The average molecular weight is 290 g/mol. The molecule has 0 heterocycles. The van der Waals surface area contributed by atoms with Crippen LogP contribution in [-0.4, -0.2) is 11.1 Å². The van der Waals surface area contributed by atoms with Crippen molar-refractivity contribution in [2.24, 2.45) is 0 Å². The van der Waals surface area contributed by atoms with Crippen LogP contribution in [0.1, 0.15) is 64.7 Å². The maximum absolute atomic E-state index is 10.2. The molecule has 0 saturated heterocycles. The summed E-state index contributed by atoms with van der Waals surface area (Å²) in [6.45, 7) is 2.25. The third-order valence-corrected chi connectivity index (χ3v) is 3.15. The van der Waals surface area contributed by atoms with Crippen LogP contribution >= 0.6 is 0 Å². The number of carboxylic acids is 1. The monoisotopic (exact) mass is 290 g/mol. The largest absolute Gasteiger partial charge is 0.478 e. The Kier molecular flexibility index (Phi) is 15.3. The second kappa shape index (κ2) is 16.5. The van der Waals surface area contributed by atoms with Crippen LogP contribution in [-0.2, 0) is 4.79 Å². The summed E-state index contributed by atoms with van der Waals surface area (Å²) >= 11 is 0. The molecule has 0 atom stereocenters. The summed E-state index contributed by atoms with van der Waals surface area (Å²) < 4.78 is 0. The minimum absolute atomic E-state index is 0.922. The van der Waals surface area contributed by atoms with Gasteiger partial charge in [0.25, 0.3) is 0 Å². The van der Waals surface area contributed by atoms with Gasteiger partial charge in [0.15, 0.2) is 0 Å². The molecule has 0 fully saturated rings. The second-order valence-corrected chi connectivity index (χ2v) is 5.16. The summed E-state index contributed by atoms with van der Waals surface area (Å²) in [5, 5.41) is 8.38. The highest BCUT2D eigenvalue weighted by Gasteiger charge is 1.89. The third kappa shape index (κ3) is 18.4. The fourth-order valence-corrected chi connectivity index (χ4v) is 1.97. The number of hydrogen-bond donors (Lipinski definition) is 1. The maximum atomic E-state index is 10.2. The van der Waals surface area contributed by atoms with Crippen LogP contribution in [0.3, 0.4) is 0 Å². The van der Waals surface area contributed by atoms with E-state index in [1.54, 1.807) is 6.08 Å². The molecule has 0 amide bonds. The lowest BCUT2D eigenvalue weighted by Gasteiger charge is -1.99. The Hall–Kier alpha value is -1.57. The number of carbonyl (C=O) groups is 1. The molecule has 118 valence electrons. The van der Waals surface area contributed by atoms with Crippen LogP contribution in [0.4, 0.5) is 0 Å². The molecule has 2 nitrogen and oxygen atoms in total. The summed E-state index contributed by atoms with van der Waals surface area (Å²) in [6.07, 6.45) is 26.3. The lowest BCUT2D eigenvalue weighted by atomic mass is 10.1. The van der Waals surface area contributed by atoms with Crippen molar-refractivity contribution in [3.8, 4) is 0 Å². The molecule has 0 rings (SSSR count). The average Bonchev–Trinajstić information content (AvgIpc) is 2.46. The molecular formula is C19H30O2. The minimum atomic E-state index is -0.922. The molecule has 0 unspecified atom stereocenters. The fourth-order valence-electron chi connectivity index (χ4n) is 1.97. The van der Waals surface area contributed by atoms with Gasteiger partial charge in [-0.1, -0.05) is 94.4 Å². The summed E-state index contributed by atoms with van der Waals surface area (Å²) in [7, 11) is 0. The molecule has 0 aromatic carbocycles. The highest BCUT2D eigenvalue weighted by atomic mass is 16.4. The number of carboxylic acid groups (broad SMARTS) is 1. The zero-order valence-electron chi connectivity index (χ0n) is 13.3. The van der Waals surface area contributed by atoms with Crippen LogP contribution in [0.2, 0.25) is 0 Å². The van der Waals surface area contributed by atoms with E-state index in [0.717, 1.165) is 12.5 Å². The van der Waals surface area contributed by atoms with Gasteiger partial charge < -0.3 is 5.11 Å². The van der Waals surface area contributed by atoms with Gasteiger partial charge in [0, 0.05) is 6.08 Å². The molecule has 1 N–H and O–H groups in total. The molecule has 0 radical (unpaired) electrons. The SMILES string of the molecule is CCCCCCCCCC/C=C/C=C/C=C/C=C/C(=O)O. The van der Waals surface area contributed by atoms with E-state index in [0.29, 0.717) is 0 Å². The molecule has 21 heavy (non-hydrogen) atoms. The smallest absolute Gasteiger partial charge is 0.328 e. The maximum Gasteiger partial charge on any atom is 0.328 e. The van der Waals surface area contributed by atoms with Crippen molar-refractivity contribution < 1.29 is 9.90 Å². The predicted octanol–water partition coefficient (Wildman–Crippen LogP) is 5.83. The fraction of sp³-hybridized carbons (Fsp3) is 0.526. The van der Waals surface area contributed by atoms with E-state index >= 15 is 0 Å². The molecular weight excluding hydrogens is 260 g/mol. The Morgan fingerprint density at radius 2 is 1.29 bits per heavy atom. The van der Waals surface area contributed by atoms with Gasteiger partial charge in [0.1, 0.15) is 0 Å². The number of aliphatic carboxylic acids is 1. The summed E-state index contributed by atoms with van der Waals surface area (Å²) in [5.41, 5.74) is 0. The van der Waals surface area contributed by atoms with Gasteiger partial charge in [0.2, 0.25) is 0 Å². The van der Waals surface area contributed by atoms with Crippen molar-refractivity contribution in [1.82, 2.24) is 0 Å². The Balaban J connectivity index is 3.38. The molecule has 0 aliphatic carbocycles. The first-order valence-electron chi connectivity index (χ1n) is 8.17. The molecule has 0 aliphatic rings. The number of rotatable bonds is 13. The first-order chi connectivity index (χ1) is 10.3. The van der Waals surface area contributed by atoms with Crippen LogP contribution in [0.25, 0.3) is 0 Å². The molecule has 0 aliphatic heterocycles. The van der Waals surface area contributed by atoms with E-state index in [1.165, 1.54) is 57.4 Å². The van der Waals surface area contributed by atoms with Gasteiger partial charge in [-0.3, -0.25) is 0 Å². The van der Waals surface area contributed by atoms with Gasteiger partial charge in [-0.05, 0) is 12.8 Å². The Morgan fingerprint density at radius 1 is 0.762 bits per heavy atom. The number of unbranched alkanes of at least 4 members (excludes halogenated alkanes) is 8. The van der Waals surface area contributed by atoms with Crippen LogP contribution < -0.4 is 0 Å². The van der Waals surface area contributed by atoms with E-state index in [-0.39, 0.29) is 0 Å². The Bertz CT molecular complexity index is 349. The first-order valence-corrected chi connectivity index (χ1v) is 8.17. The zero-order chi connectivity index (χ0) is 15.6. The molecule has 2 heteroatoms. The van der Waals surface area contributed by atoms with Crippen molar-refractivity contribution in [2.75, 3.05) is 0 Å². The summed E-state index contributed by atoms with van der Waals surface area (Å²) in [6, 6.07) is 0. The molecule has 0 spiro atoms.